The molecule has 1 heterocycles. The van der Waals surface area contributed by atoms with Gasteiger partial charge in [0, 0.05) is 24.7 Å². The van der Waals surface area contributed by atoms with E-state index < -0.39 is 0 Å². The van der Waals surface area contributed by atoms with Crippen molar-refractivity contribution in [3.8, 4) is 0 Å². The van der Waals surface area contributed by atoms with Crippen LogP contribution in [0.5, 0.6) is 0 Å². The molecule has 0 aromatic carbocycles. The molecule has 1 N–H and O–H groups in total. The monoisotopic (exact) mass is 256 g/mol. The van der Waals surface area contributed by atoms with Crippen LogP contribution >= 0.6 is 11.3 Å². The minimum Gasteiger partial charge on any atom is -0.383 e. The Morgan fingerprint density at radius 1 is 1.53 bits per heavy atom. The molecule has 0 aliphatic carbocycles. The molecular weight excluding hydrogens is 232 g/mol. The number of aryl methyl sites for hydroxylation is 1. The van der Waals surface area contributed by atoms with E-state index in [1.54, 1.807) is 18.4 Å². The molecule has 1 unspecified atom stereocenters. The summed E-state index contributed by atoms with van der Waals surface area (Å²) in [6.07, 6.45) is 1.09. The maximum atomic E-state index is 5.10. The number of hydrogen-bond acceptors (Lipinski definition) is 4. The molecule has 1 aromatic heterocycles. The van der Waals surface area contributed by atoms with Gasteiger partial charge in [0.15, 0.2) is 0 Å². The fourth-order valence-corrected chi connectivity index (χ4v) is 3.04. The van der Waals surface area contributed by atoms with Gasteiger partial charge in [0.05, 0.1) is 12.1 Å². The van der Waals surface area contributed by atoms with Gasteiger partial charge in [-0.05, 0) is 26.2 Å². The predicted molar refractivity (Wildman–Crippen MR) is 73.5 cm³/mol. The highest BCUT2D eigenvalue weighted by Crippen LogP contribution is 2.30. The van der Waals surface area contributed by atoms with Gasteiger partial charge >= 0.3 is 0 Å². The van der Waals surface area contributed by atoms with E-state index in [-0.39, 0.29) is 5.54 Å². The number of hydrogen-bond donors (Lipinski definition) is 1. The quantitative estimate of drug-likeness (QED) is 0.762. The van der Waals surface area contributed by atoms with Crippen LogP contribution < -0.4 is 5.32 Å². The Kier molecular flexibility index (Phi) is 5.56. The van der Waals surface area contributed by atoms with E-state index in [1.807, 2.05) is 6.92 Å². The third-order valence-corrected chi connectivity index (χ3v) is 3.95. The minimum absolute atomic E-state index is 0.0361. The maximum absolute atomic E-state index is 5.10. The largest absolute Gasteiger partial charge is 0.383 e. The van der Waals surface area contributed by atoms with Gasteiger partial charge in [0.25, 0.3) is 0 Å². The minimum atomic E-state index is -0.0361. The molecule has 0 saturated heterocycles. The molecule has 17 heavy (non-hydrogen) atoms. The third-order valence-electron chi connectivity index (χ3n) is 2.73. The van der Waals surface area contributed by atoms with Crippen molar-refractivity contribution in [2.24, 2.45) is 5.92 Å². The van der Waals surface area contributed by atoms with Crippen LogP contribution in [0.25, 0.3) is 0 Å². The highest BCUT2D eigenvalue weighted by molar-refractivity contribution is 7.09. The van der Waals surface area contributed by atoms with Crippen LogP contribution in [0.2, 0.25) is 0 Å². The highest BCUT2D eigenvalue weighted by atomic mass is 32.1. The summed E-state index contributed by atoms with van der Waals surface area (Å²) >= 11 is 1.74. The van der Waals surface area contributed by atoms with E-state index in [1.165, 1.54) is 5.01 Å². The van der Waals surface area contributed by atoms with Crippen molar-refractivity contribution in [1.82, 2.24) is 10.3 Å². The van der Waals surface area contributed by atoms with Crippen LogP contribution in [0.15, 0.2) is 5.38 Å². The third kappa shape index (κ3) is 4.37. The summed E-state index contributed by atoms with van der Waals surface area (Å²) in [5.74, 6) is 0.638. The molecule has 0 fully saturated rings. The number of thiazole rings is 1. The second kappa shape index (κ2) is 6.47. The number of methoxy groups -OCH3 is 1. The predicted octanol–water partition coefficient (Wildman–Crippen LogP) is 2.95. The number of rotatable bonds is 7. The summed E-state index contributed by atoms with van der Waals surface area (Å²) < 4.78 is 5.10. The molecule has 3 nitrogen and oxygen atoms in total. The molecule has 0 aliphatic heterocycles. The SMILES string of the molecule is COCCNC(C)(CC(C)C)c1nc(C)cs1. The molecule has 98 valence electrons. The van der Waals surface area contributed by atoms with Crippen molar-refractivity contribution in [2.45, 2.75) is 39.7 Å². The van der Waals surface area contributed by atoms with E-state index in [4.69, 9.17) is 4.74 Å². The average Bonchev–Trinajstić information content (AvgIpc) is 2.65. The maximum Gasteiger partial charge on any atom is 0.113 e. The lowest BCUT2D eigenvalue weighted by Crippen LogP contribution is -2.42. The Morgan fingerprint density at radius 2 is 2.24 bits per heavy atom. The Bertz CT molecular complexity index is 338. The summed E-state index contributed by atoms with van der Waals surface area (Å²) in [6, 6.07) is 0. The Morgan fingerprint density at radius 3 is 2.71 bits per heavy atom. The first-order chi connectivity index (χ1) is 7.98. The first kappa shape index (κ1) is 14.6. The van der Waals surface area contributed by atoms with Crippen molar-refractivity contribution in [3.63, 3.8) is 0 Å². The Balaban J connectivity index is 2.77. The zero-order chi connectivity index (χ0) is 12.9. The first-order valence-corrected chi connectivity index (χ1v) is 7.02. The molecule has 1 rings (SSSR count). The fraction of sp³-hybridized carbons (Fsp3) is 0.769. The van der Waals surface area contributed by atoms with E-state index in [2.05, 4.69) is 36.5 Å². The van der Waals surface area contributed by atoms with E-state index in [0.717, 1.165) is 25.3 Å². The lowest BCUT2D eigenvalue weighted by Gasteiger charge is -2.30. The zero-order valence-electron chi connectivity index (χ0n) is 11.5. The molecule has 1 atom stereocenters. The van der Waals surface area contributed by atoms with Crippen LogP contribution in [-0.4, -0.2) is 25.2 Å². The standard InChI is InChI=1S/C13H24N2OS/c1-10(2)8-13(4,14-6-7-16-5)12-15-11(3)9-17-12/h9-10,14H,6-8H2,1-5H3. The number of ether oxygens (including phenoxy) is 1. The molecule has 0 aliphatic rings. The molecule has 1 aromatic rings. The molecule has 0 amide bonds. The molecular formula is C13H24N2OS. The van der Waals surface area contributed by atoms with Gasteiger partial charge in [-0.2, -0.15) is 0 Å². The van der Waals surface area contributed by atoms with Gasteiger partial charge in [-0.25, -0.2) is 4.98 Å². The zero-order valence-corrected chi connectivity index (χ0v) is 12.4. The van der Waals surface area contributed by atoms with Crippen molar-refractivity contribution in [3.05, 3.63) is 16.1 Å². The lowest BCUT2D eigenvalue weighted by molar-refractivity contribution is 0.180. The molecule has 0 radical (unpaired) electrons. The van der Waals surface area contributed by atoms with Gasteiger partial charge in [-0.15, -0.1) is 11.3 Å². The van der Waals surface area contributed by atoms with Gasteiger partial charge in [-0.3, -0.25) is 0 Å². The summed E-state index contributed by atoms with van der Waals surface area (Å²) in [6.45, 7) is 10.4. The Hall–Kier alpha value is -0.450. The van der Waals surface area contributed by atoms with Crippen LogP contribution in [0, 0.1) is 12.8 Å². The van der Waals surface area contributed by atoms with Crippen molar-refractivity contribution >= 4 is 11.3 Å². The van der Waals surface area contributed by atoms with Crippen molar-refractivity contribution < 1.29 is 4.74 Å². The van der Waals surface area contributed by atoms with Gasteiger partial charge in [0.1, 0.15) is 5.01 Å². The normalized spacial score (nSPS) is 15.2. The van der Waals surface area contributed by atoms with E-state index in [0.29, 0.717) is 5.92 Å². The summed E-state index contributed by atoms with van der Waals surface area (Å²) in [4.78, 5) is 4.63. The van der Waals surface area contributed by atoms with Crippen molar-refractivity contribution in [1.29, 1.82) is 0 Å². The second-order valence-corrected chi connectivity index (χ2v) is 6.00. The number of aromatic nitrogens is 1. The van der Waals surface area contributed by atoms with E-state index in [9.17, 15) is 0 Å². The number of nitrogens with one attached hydrogen (secondary N) is 1. The van der Waals surface area contributed by atoms with Gasteiger partial charge in [-0.1, -0.05) is 13.8 Å². The van der Waals surface area contributed by atoms with Gasteiger partial charge < -0.3 is 10.1 Å². The van der Waals surface area contributed by atoms with Crippen LogP contribution in [-0.2, 0) is 10.3 Å². The average molecular weight is 256 g/mol. The van der Waals surface area contributed by atoms with Gasteiger partial charge in [0.2, 0.25) is 0 Å². The summed E-state index contributed by atoms with van der Waals surface area (Å²) in [5, 5.41) is 6.88. The van der Waals surface area contributed by atoms with E-state index >= 15 is 0 Å². The molecule has 0 bridgehead atoms. The number of nitrogens with zero attached hydrogens (tertiary/aromatic N) is 1. The smallest absolute Gasteiger partial charge is 0.113 e. The molecule has 0 spiro atoms. The topological polar surface area (TPSA) is 34.1 Å². The lowest BCUT2D eigenvalue weighted by atomic mass is 9.91. The Labute approximate surface area is 109 Å². The summed E-state index contributed by atoms with van der Waals surface area (Å²) in [7, 11) is 1.73. The van der Waals surface area contributed by atoms with Crippen molar-refractivity contribution in [2.75, 3.05) is 20.3 Å². The van der Waals surface area contributed by atoms with Crippen LogP contribution in [0.4, 0.5) is 0 Å². The molecule has 0 saturated carbocycles. The van der Waals surface area contributed by atoms with Crippen LogP contribution in [0.1, 0.15) is 37.9 Å². The highest BCUT2D eigenvalue weighted by Gasteiger charge is 2.29. The summed E-state index contributed by atoms with van der Waals surface area (Å²) in [5.41, 5.74) is 1.07. The second-order valence-electron chi connectivity index (χ2n) is 5.14. The first-order valence-electron chi connectivity index (χ1n) is 6.14. The fourth-order valence-electron chi connectivity index (χ4n) is 2.09. The van der Waals surface area contributed by atoms with Crippen LogP contribution in [0.3, 0.4) is 0 Å². The molecule has 4 heteroatoms.